The van der Waals surface area contributed by atoms with Crippen molar-refractivity contribution in [2.45, 2.75) is 31.5 Å². The first kappa shape index (κ1) is 18.3. The molecule has 0 radical (unpaired) electrons. The molecule has 0 spiro atoms. The summed E-state index contributed by atoms with van der Waals surface area (Å²) < 4.78 is 43.7. The number of carbonyl (C=O) groups is 2. The lowest BCUT2D eigenvalue weighted by Gasteiger charge is -2.36. The first-order chi connectivity index (χ1) is 11.0. The first-order valence-electron chi connectivity index (χ1n) is 7.35. The second kappa shape index (κ2) is 6.43. The zero-order valence-corrected chi connectivity index (χ0v) is 13.3. The summed E-state index contributed by atoms with van der Waals surface area (Å²) in [6, 6.07) is 4.61. The highest BCUT2D eigenvalue weighted by atomic mass is 19.4. The van der Waals surface area contributed by atoms with Crippen LogP contribution in [0.2, 0.25) is 0 Å². The topological polar surface area (TPSA) is 66.8 Å². The number of carbonyl (C=O) groups excluding carboxylic acids is 1. The molecule has 1 aliphatic heterocycles. The number of nitrogens with zero attached hydrogens (tertiary/aromatic N) is 1. The van der Waals surface area contributed by atoms with Crippen LogP contribution in [-0.4, -0.2) is 47.7 Å². The monoisotopic (exact) mass is 345 g/mol. The standard InChI is InChI=1S/C16H18F3NO4/c1-15(2,10-4-3-5-11(8-10)16(17,18)19)14(23)20-6-7-24-12(9-20)13(21)22/h3-5,8,12H,6-7,9H2,1-2H3,(H,21,22)/t12-/m1/s1. The molecule has 1 aliphatic rings. The fourth-order valence-corrected chi connectivity index (χ4v) is 2.59. The van der Waals surface area contributed by atoms with Gasteiger partial charge in [-0.25, -0.2) is 4.79 Å². The Balaban J connectivity index is 2.26. The fraction of sp³-hybridized carbons (Fsp3) is 0.500. The van der Waals surface area contributed by atoms with Crippen molar-refractivity contribution in [1.29, 1.82) is 0 Å². The number of hydrogen-bond donors (Lipinski definition) is 1. The van der Waals surface area contributed by atoms with E-state index >= 15 is 0 Å². The molecule has 132 valence electrons. The van der Waals surface area contributed by atoms with Crippen LogP contribution in [0.5, 0.6) is 0 Å². The molecule has 1 aromatic carbocycles. The molecule has 1 amide bonds. The van der Waals surface area contributed by atoms with Gasteiger partial charge in [-0.2, -0.15) is 13.2 Å². The highest BCUT2D eigenvalue weighted by molar-refractivity contribution is 5.88. The van der Waals surface area contributed by atoms with Crippen LogP contribution in [0.25, 0.3) is 0 Å². The van der Waals surface area contributed by atoms with Crippen molar-refractivity contribution in [2.24, 2.45) is 0 Å². The number of rotatable bonds is 3. The molecule has 0 aromatic heterocycles. The van der Waals surface area contributed by atoms with Gasteiger partial charge in [0.2, 0.25) is 5.91 Å². The predicted molar refractivity (Wildman–Crippen MR) is 78.4 cm³/mol. The van der Waals surface area contributed by atoms with Gasteiger partial charge in [0, 0.05) is 6.54 Å². The van der Waals surface area contributed by atoms with E-state index in [2.05, 4.69) is 0 Å². The molecule has 0 bridgehead atoms. The summed E-state index contributed by atoms with van der Waals surface area (Å²) in [6.45, 7) is 3.19. The van der Waals surface area contributed by atoms with Crippen LogP contribution >= 0.6 is 0 Å². The van der Waals surface area contributed by atoms with Crippen molar-refractivity contribution in [2.75, 3.05) is 19.7 Å². The van der Waals surface area contributed by atoms with Crippen molar-refractivity contribution < 1.29 is 32.6 Å². The molecule has 8 heteroatoms. The largest absolute Gasteiger partial charge is 0.479 e. The SMILES string of the molecule is CC(C)(C(=O)N1CCO[C@@H](C(=O)O)C1)c1cccc(C(F)(F)F)c1. The van der Waals surface area contributed by atoms with Crippen LogP contribution < -0.4 is 0 Å². The second-order valence-corrected chi connectivity index (χ2v) is 6.15. The van der Waals surface area contributed by atoms with E-state index in [0.29, 0.717) is 0 Å². The van der Waals surface area contributed by atoms with Gasteiger partial charge in [0.05, 0.1) is 24.1 Å². The number of aliphatic carboxylic acids is 1. The molecule has 0 saturated carbocycles. The van der Waals surface area contributed by atoms with Gasteiger partial charge in [0.25, 0.3) is 0 Å². The van der Waals surface area contributed by atoms with Gasteiger partial charge in [0.1, 0.15) is 0 Å². The average Bonchev–Trinajstić information content (AvgIpc) is 2.53. The molecule has 24 heavy (non-hydrogen) atoms. The molecule has 0 unspecified atom stereocenters. The summed E-state index contributed by atoms with van der Waals surface area (Å²) in [6.07, 6.45) is -5.62. The van der Waals surface area contributed by atoms with Crippen LogP contribution in [0.1, 0.15) is 25.0 Å². The molecular formula is C16H18F3NO4. The Morgan fingerprint density at radius 2 is 1.88 bits per heavy atom. The first-order valence-corrected chi connectivity index (χ1v) is 7.35. The number of carboxylic acids is 1. The molecule has 2 rings (SSSR count). The Labute approximate surface area is 137 Å². The number of amides is 1. The van der Waals surface area contributed by atoms with Crippen molar-refractivity contribution in [3.63, 3.8) is 0 Å². The van der Waals surface area contributed by atoms with Gasteiger partial charge < -0.3 is 14.7 Å². The maximum Gasteiger partial charge on any atom is 0.416 e. The van der Waals surface area contributed by atoms with Crippen LogP contribution in [0, 0.1) is 0 Å². The fourth-order valence-electron chi connectivity index (χ4n) is 2.59. The molecule has 5 nitrogen and oxygen atoms in total. The number of halogens is 3. The average molecular weight is 345 g/mol. The zero-order chi connectivity index (χ0) is 18.1. The van der Waals surface area contributed by atoms with E-state index in [4.69, 9.17) is 9.84 Å². The Morgan fingerprint density at radius 3 is 2.46 bits per heavy atom. The summed E-state index contributed by atoms with van der Waals surface area (Å²) >= 11 is 0. The van der Waals surface area contributed by atoms with Crippen molar-refractivity contribution in [3.05, 3.63) is 35.4 Å². The molecular weight excluding hydrogens is 327 g/mol. The van der Waals surface area contributed by atoms with E-state index in [0.717, 1.165) is 12.1 Å². The summed E-state index contributed by atoms with van der Waals surface area (Å²) in [5, 5.41) is 9.00. The zero-order valence-electron chi connectivity index (χ0n) is 13.3. The molecule has 1 fully saturated rings. The Hall–Kier alpha value is -2.09. The molecule has 1 N–H and O–H groups in total. The third kappa shape index (κ3) is 3.69. The summed E-state index contributed by atoms with van der Waals surface area (Å²) in [4.78, 5) is 25.1. The third-order valence-electron chi connectivity index (χ3n) is 4.08. The van der Waals surface area contributed by atoms with Crippen LogP contribution in [0.15, 0.2) is 24.3 Å². The highest BCUT2D eigenvalue weighted by Crippen LogP contribution is 2.33. The number of benzene rings is 1. The maximum absolute atomic E-state index is 12.9. The predicted octanol–water partition coefficient (Wildman–Crippen LogP) is 2.29. The summed E-state index contributed by atoms with van der Waals surface area (Å²) in [5.74, 6) is -1.61. The lowest BCUT2D eigenvalue weighted by molar-refractivity contribution is -0.161. The van der Waals surface area contributed by atoms with E-state index in [1.54, 1.807) is 0 Å². The van der Waals surface area contributed by atoms with Crippen molar-refractivity contribution in [1.82, 2.24) is 4.90 Å². The summed E-state index contributed by atoms with van der Waals surface area (Å²) in [7, 11) is 0. The van der Waals surface area contributed by atoms with Gasteiger partial charge in [-0.15, -0.1) is 0 Å². The number of hydrogen-bond acceptors (Lipinski definition) is 3. The second-order valence-electron chi connectivity index (χ2n) is 6.15. The lowest BCUT2D eigenvalue weighted by atomic mass is 9.82. The maximum atomic E-state index is 12.9. The van der Waals surface area contributed by atoms with Gasteiger partial charge in [-0.05, 0) is 25.5 Å². The van der Waals surface area contributed by atoms with E-state index < -0.39 is 35.1 Å². The van der Waals surface area contributed by atoms with E-state index in [1.165, 1.54) is 30.9 Å². The minimum absolute atomic E-state index is 0.0708. The Morgan fingerprint density at radius 1 is 1.25 bits per heavy atom. The molecule has 1 heterocycles. The number of ether oxygens (including phenoxy) is 1. The number of morpholine rings is 1. The minimum Gasteiger partial charge on any atom is -0.479 e. The van der Waals surface area contributed by atoms with Crippen LogP contribution in [-0.2, 0) is 25.9 Å². The summed E-state index contributed by atoms with van der Waals surface area (Å²) in [5.41, 5.74) is -1.83. The van der Waals surface area contributed by atoms with Crippen LogP contribution in [0.4, 0.5) is 13.2 Å². The van der Waals surface area contributed by atoms with Crippen LogP contribution in [0.3, 0.4) is 0 Å². The molecule has 1 saturated heterocycles. The van der Waals surface area contributed by atoms with Crippen molar-refractivity contribution in [3.8, 4) is 0 Å². The highest BCUT2D eigenvalue weighted by Gasteiger charge is 2.39. The smallest absolute Gasteiger partial charge is 0.416 e. The third-order valence-corrected chi connectivity index (χ3v) is 4.08. The van der Waals surface area contributed by atoms with E-state index in [1.807, 2.05) is 0 Å². The molecule has 0 aliphatic carbocycles. The quantitative estimate of drug-likeness (QED) is 0.913. The number of carboxylic acid groups (broad SMARTS) is 1. The minimum atomic E-state index is -4.50. The lowest BCUT2D eigenvalue weighted by Crippen LogP contribution is -2.53. The van der Waals surface area contributed by atoms with Gasteiger partial charge in [-0.1, -0.05) is 18.2 Å². The Kier molecular flexibility index (Phi) is 4.89. The van der Waals surface area contributed by atoms with Gasteiger partial charge in [0.15, 0.2) is 6.10 Å². The van der Waals surface area contributed by atoms with E-state index in [9.17, 15) is 22.8 Å². The molecule has 1 aromatic rings. The van der Waals surface area contributed by atoms with E-state index in [-0.39, 0.29) is 25.3 Å². The molecule has 1 atom stereocenters. The van der Waals surface area contributed by atoms with Gasteiger partial charge in [-0.3, -0.25) is 4.79 Å². The number of alkyl halides is 3. The van der Waals surface area contributed by atoms with Crippen molar-refractivity contribution >= 4 is 11.9 Å². The van der Waals surface area contributed by atoms with Gasteiger partial charge >= 0.3 is 12.1 Å². The Bertz CT molecular complexity index is 642. The normalized spacial score (nSPS) is 19.2.